The Labute approximate surface area is 181 Å². The number of thiophene rings is 1. The van der Waals surface area contributed by atoms with Crippen LogP contribution in [0.3, 0.4) is 0 Å². The zero-order chi connectivity index (χ0) is 21.9. The van der Waals surface area contributed by atoms with Crippen molar-refractivity contribution >= 4 is 39.0 Å². The average Bonchev–Trinajstić information content (AvgIpc) is 3.13. The molecule has 2 aromatic heterocycles. The van der Waals surface area contributed by atoms with Gasteiger partial charge in [-0.15, -0.1) is 11.3 Å². The van der Waals surface area contributed by atoms with Gasteiger partial charge >= 0.3 is 6.16 Å². The molecule has 3 aromatic rings. The molecule has 1 aromatic carbocycles. The number of halogens is 1. The van der Waals surface area contributed by atoms with Crippen LogP contribution in [0.2, 0.25) is 0 Å². The average molecular weight is 471 g/mol. The maximum atomic E-state index is 12.7. The summed E-state index contributed by atoms with van der Waals surface area (Å²) in [5.41, 5.74) is 1.59. The molecule has 0 saturated heterocycles. The molecule has 30 heavy (non-hydrogen) atoms. The van der Waals surface area contributed by atoms with Crippen molar-refractivity contribution in [1.82, 2.24) is 9.10 Å². The van der Waals surface area contributed by atoms with Crippen LogP contribution in [-0.4, -0.2) is 35.2 Å². The van der Waals surface area contributed by atoms with Crippen LogP contribution < -0.4 is 4.72 Å². The predicted molar refractivity (Wildman–Crippen MR) is 113 cm³/mol. The Hall–Kier alpha value is -2.34. The van der Waals surface area contributed by atoms with Gasteiger partial charge in [-0.25, -0.2) is 22.3 Å². The zero-order valence-corrected chi connectivity index (χ0v) is 18.2. The van der Waals surface area contributed by atoms with Crippen molar-refractivity contribution in [1.29, 1.82) is 0 Å². The lowest BCUT2D eigenvalue weighted by molar-refractivity contribution is 0.137. The van der Waals surface area contributed by atoms with E-state index in [1.807, 2.05) is 30.3 Å². The number of nitrogens with one attached hydrogen (secondary N) is 1. The Morgan fingerprint density at radius 3 is 2.53 bits per heavy atom. The van der Waals surface area contributed by atoms with E-state index in [2.05, 4.69) is 16.0 Å². The zero-order valence-electron chi connectivity index (χ0n) is 15.8. The first kappa shape index (κ1) is 22.3. The summed E-state index contributed by atoms with van der Waals surface area (Å²) in [5.74, 6) is 0. The van der Waals surface area contributed by atoms with E-state index in [0.717, 1.165) is 39.7 Å². The molecule has 1 aliphatic rings. The summed E-state index contributed by atoms with van der Waals surface area (Å²) in [4.78, 5) is 9.82. The fourth-order valence-electron chi connectivity index (χ4n) is 3.01. The summed E-state index contributed by atoms with van der Waals surface area (Å²) in [5, 5.41) is 13.9. The van der Waals surface area contributed by atoms with Gasteiger partial charge < -0.3 is 10.2 Å². The number of nitrogens with zero attached hydrogens (tertiary/aromatic N) is 1. The molecule has 0 unspecified atom stereocenters. The number of hydrogen-bond acceptors (Lipinski definition) is 6. The first-order valence-corrected chi connectivity index (χ1v) is 11.8. The van der Waals surface area contributed by atoms with Gasteiger partial charge in [0.05, 0.1) is 15.4 Å². The summed E-state index contributed by atoms with van der Waals surface area (Å²) < 4.78 is 45.4. The first-order valence-electron chi connectivity index (χ1n) is 8.77. The Morgan fingerprint density at radius 2 is 1.93 bits per heavy atom. The number of rotatable bonds is 6. The lowest BCUT2D eigenvalue weighted by Gasteiger charge is -2.12. The van der Waals surface area contributed by atoms with Gasteiger partial charge in [-0.05, 0) is 41.7 Å². The Bertz CT molecular complexity index is 1130. The number of alkyl halides is 1. The Balaban J connectivity index is 0.000000589. The Morgan fingerprint density at radius 1 is 1.27 bits per heavy atom. The van der Waals surface area contributed by atoms with Crippen molar-refractivity contribution < 1.29 is 27.8 Å². The molecule has 160 valence electrons. The lowest BCUT2D eigenvalue weighted by Crippen LogP contribution is -2.29. The van der Waals surface area contributed by atoms with Crippen LogP contribution in [0.15, 0.2) is 52.7 Å². The van der Waals surface area contributed by atoms with E-state index in [4.69, 9.17) is 15.0 Å². The maximum absolute atomic E-state index is 12.7. The summed E-state index contributed by atoms with van der Waals surface area (Å²) in [6.45, 7) is 1.51. The third-order valence-electron chi connectivity index (χ3n) is 4.76. The van der Waals surface area contributed by atoms with Crippen LogP contribution in [-0.2, 0) is 22.1 Å². The second-order valence-corrected chi connectivity index (χ2v) is 10.8. The number of carbonyl (C=O) groups is 1. The standard InChI is InChI=1S/C18H17FN2O2S3.CH2O3/c1-18(12-5-3-2-4-6-12)10-16(18)21-26(22,23)17-8-7-15(24-17)14-9-13(11-19)25-20-14;2-1(3)4/h2-9,16,21H,10-11H2,1H3;(H2,2,3,4)/t16-,18+;/m0./s1. The molecule has 3 N–H and O–H groups in total. The van der Waals surface area contributed by atoms with Crippen LogP contribution >= 0.6 is 22.9 Å². The molecular weight excluding hydrogens is 451 g/mol. The van der Waals surface area contributed by atoms with Gasteiger partial charge in [0.25, 0.3) is 0 Å². The van der Waals surface area contributed by atoms with Gasteiger partial charge in [0.15, 0.2) is 0 Å². The molecule has 1 saturated carbocycles. The van der Waals surface area contributed by atoms with Crippen LogP contribution in [0, 0.1) is 0 Å². The number of hydrogen-bond donors (Lipinski definition) is 3. The monoisotopic (exact) mass is 470 g/mol. The van der Waals surface area contributed by atoms with Crippen LogP contribution in [0.5, 0.6) is 0 Å². The molecule has 1 aliphatic carbocycles. The van der Waals surface area contributed by atoms with E-state index in [9.17, 15) is 12.8 Å². The van der Waals surface area contributed by atoms with E-state index in [1.165, 1.54) is 0 Å². The maximum Gasteiger partial charge on any atom is 0.503 e. The minimum Gasteiger partial charge on any atom is -0.450 e. The number of aromatic nitrogens is 1. The van der Waals surface area contributed by atoms with Crippen molar-refractivity contribution in [2.45, 2.75) is 35.7 Å². The SMILES string of the molecule is C[C@]1(c2ccccc2)C[C@@H]1NS(=O)(=O)c1ccc(-c2cc(CF)sn2)s1.O=C(O)O. The molecule has 0 bridgehead atoms. The van der Waals surface area contributed by atoms with Crippen molar-refractivity contribution in [2.24, 2.45) is 0 Å². The second-order valence-electron chi connectivity index (χ2n) is 6.87. The van der Waals surface area contributed by atoms with Crippen molar-refractivity contribution in [3.05, 3.63) is 59.0 Å². The molecule has 2 heterocycles. The number of sulfonamides is 1. The molecule has 0 aliphatic heterocycles. The highest BCUT2D eigenvalue weighted by Gasteiger charge is 2.53. The largest absolute Gasteiger partial charge is 0.503 e. The topological polar surface area (TPSA) is 117 Å². The molecular formula is C19H19FN2O5S3. The van der Waals surface area contributed by atoms with E-state index in [0.29, 0.717) is 10.6 Å². The van der Waals surface area contributed by atoms with Crippen LogP contribution in [0.4, 0.5) is 9.18 Å². The summed E-state index contributed by atoms with van der Waals surface area (Å²) in [6.07, 6.45) is -1.06. The van der Waals surface area contributed by atoms with E-state index in [1.54, 1.807) is 18.2 Å². The van der Waals surface area contributed by atoms with Gasteiger partial charge in [0, 0.05) is 11.5 Å². The quantitative estimate of drug-likeness (QED) is 0.486. The highest BCUT2D eigenvalue weighted by Crippen LogP contribution is 2.48. The normalized spacial score (nSPS) is 20.3. The van der Waals surface area contributed by atoms with Gasteiger partial charge in [-0.1, -0.05) is 37.3 Å². The van der Waals surface area contributed by atoms with E-state index in [-0.39, 0.29) is 15.7 Å². The fourth-order valence-corrected chi connectivity index (χ4v) is 6.28. The van der Waals surface area contributed by atoms with Gasteiger partial charge in [-0.3, -0.25) is 0 Å². The number of benzene rings is 1. The molecule has 2 atom stereocenters. The number of carboxylic acid groups (broad SMARTS) is 2. The van der Waals surface area contributed by atoms with Crippen molar-refractivity contribution in [3.63, 3.8) is 0 Å². The first-order chi connectivity index (χ1) is 14.2. The van der Waals surface area contributed by atoms with Gasteiger partial charge in [-0.2, -0.15) is 4.37 Å². The van der Waals surface area contributed by atoms with Gasteiger partial charge in [0.1, 0.15) is 10.9 Å². The van der Waals surface area contributed by atoms with E-state index >= 15 is 0 Å². The van der Waals surface area contributed by atoms with Crippen molar-refractivity contribution in [2.75, 3.05) is 0 Å². The van der Waals surface area contributed by atoms with Crippen molar-refractivity contribution in [3.8, 4) is 10.6 Å². The third kappa shape index (κ3) is 5.04. The third-order valence-corrected chi connectivity index (χ3v) is 8.58. The van der Waals surface area contributed by atoms with Crippen LogP contribution in [0.25, 0.3) is 10.6 Å². The molecule has 1 fully saturated rings. The molecule has 7 nitrogen and oxygen atoms in total. The lowest BCUT2D eigenvalue weighted by atomic mass is 9.98. The second kappa shape index (κ2) is 8.80. The Kier molecular flexibility index (Phi) is 6.56. The molecule has 0 spiro atoms. The summed E-state index contributed by atoms with van der Waals surface area (Å²) >= 11 is 2.25. The molecule has 0 radical (unpaired) electrons. The van der Waals surface area contributed by atoms with Gasteiger partial charge in [0.2, 0.25) is 10.0 Å². The minimum absolute atomic E-state index is 0.113. The van der Waals surface area contributed by atoms with Crippen LogP contribution in [0.1, 0.15) is 23.8 Å². The smallest absolute Gasteiger partial charge is 0.450 e. The molecule has 0 amide bonds. The predicted octanol–water partition coefficient (Wildman–Crippen LogP) is 4.57. The minimum atomic E-state index is -3.59. The van der Waals surface area contributed by atoms with E-state index < -0.39 is 22.9 Å². The summed E-state index contributed by atoms with van der Waals surface area (Å²) in [7, 11) is -3.59. The summed E-state index contributed by atoms with van der Waals surface area (Å²) in [6, 6.07) is 14.8. The highest BCUT2D eigenvalue weighted by atomic mass is 32.2. The molecule has 11 heteroatoms. The fraction of sp³-hybridized carbons (Fsp3) is 0.263. The molecule has 4 rings (SSSR count). The highest BCUT2D eigenvalue weighted by molar-refractivity contribution is 7.91.